The van der Waals surface area contributed by atoms with Crippen molar-refractivity contribution in [3.63, 3.8) is 0 Å². The van der Waals surface area contributed by atoms with Crippen LogP contribution in [0.4, 0.5) is 0 Å². The molecule has 2 atom stereocenters. The van der Waals surface area contributed by atoms with E-state index in [4.69, 9.17) is 0 Å². The third-order valence-electron chi connectivity index (χ3n) is 2.35. The van der Waals surface area contributed by atoms with Gasteiger partial charge in [0.25, 0.3) is 0 Å². The van der Waals surface area contributed by atoms with E-state index < -0.39 is 0 Å². The first-order valence-electron chi connectivity index (χ1n) is 4.20. The average molecular weight is 176 g/mol. The molecule has 1 aliphatic heterocycles. The highest BCUT2D eigenvalue weighted by Gasteiger charge is 2.31. The second-order valence-corrected chi connectivity index (χ2v) is 4.32. The van der Waals surface area contributed by atoms with Gasteiger partial charge >= 0.3 is 0 Å². The first-order chi connectivity index (χ1) is 5.83. The van der Waals surface area contributed by atoms with Gasteiger partial charge in [-0.1, -0.05) is 37.0 Å². The Hall–Kier alpha value is -0.690. The third kappa shape index (κ3) is 1.09. The van der Waals surface area contributed by atoms with E-state index in [1.807, 2.05) is 11.8 Å². The molecule has 1 aliphatic carbocycles. The molecular weight excluding hydrogens is 164 g/mol. The molecule has 2 rings (SSSR count). The molecule has 1 heterocycles. The maximum atomic E-state index is 4.06. The third-order valence-corrected chi connectivity index (χ3v) is 3.60. The Labute approximate surface area is 77.7 Å². The van der Waals surface area contributed by atoms with E-state index in [1.165, 1.54) is 10.5 Å². The molecule has 1 saturated heterocycles. The maximum Gasteiger partial charge on any atom is 0.0381 e. The van der Waals surface area contributed by atoms with Gasteiger partial charge in [0, 0.05) is 16.1 Å². The van der Waals surface area contributed by atoms with Gasteiger partial charge < -0.3 is 0 Å². The van der Waals surface area contributed by atoms with Crippen molar-refractivity contribution in [3.8, 4) is 0 Å². The Morgan fingerprint density at radius 1 is 1.42 bits per heavy atom. The number of allylic oxidation sites excluding steroid dienone is 5. The number of hydrogen-bond acceptors (Lipinski definition) is 1. The molecule has 0 saturated carbocycles. The smallest absolute Gasteiger partial charge is 0.0381 e. The van der Waals surface area contributed by atoms with Crippen LogP contribution in [-0.4, -0.2) is 5.25 Å². The zero-order valence-corrected chi connectivity index (χ0v) is 7.97. The van der Waals surface area contributed by atoms with E-state index in [2.05, 4.69) is 43.9 Å². The van der Waals surface area contributed by atoms with Crippen LogP contribution in [0.5, 0.6) is 0 Å². The van der Waals surface area contributed by atoms with Gasteiger partial charge in [0.15, 0.2) is 0 Å². The van der Waals surface area contributed by atoms with Crippen molar-refractivity contribution in [2.24, 2.45) is 5.92 Å². The lowest BCUT2D eigenvalue weighted by molar-refractivity contribution is 0.821. The van der Waals surface area contributed by atoms with Crippen molar-refractivity contribution >= 4 is 11.8 Å². The molecule has 0 aromatic carbocycles. The molecule has 1 heteroatoms. The molecule has 0 nitrogen and oxygen atoms in total. The van der Waals surface area contributed by atoms with Crippen LogP contribution < -0.4 is 0 Å². The summed E-state index contributed by atoms with van der Waals surface area (Å²) in [6.45, 7) is 6.15. The summed E-state index contributed by atoms with van der Waals surface area (Å²) in [5.74, 6) is 0.581. The molecule has 2 aliphatic rings. The highest BCUT2D eigenvalue weighted by atomic mass is 32.2. The Kier molecular flexibility index (Phi) is 1.97. The normalized spacial score (nSPS) is 36.1. The highest BCUT2D eigenvalue weighted by molar-refractivity contribution is 8.04. The fourth-order valence-electron chi connectivity index (χ4n) is 1.75. The van der Waals surface area contributed by atoms with Gasteiger partial charge in [0.05, 0.1) is 0 Å². The molecule has 0 radical (unpaired) electrons. The maximum absolute atomic E-state index is 4.06. The lowest BCUT2D eigenvalue weighted by Crippen LogP contribution is -2.09. The van der Waals surface area contributed by atoms with E-state index in [-0.39, 0.29) is 0 Å². The van der Waals surface area contributed by atoms with Crippen molar-refractivity contribution < 1.29 is 0 Å². The van der Waals surface area contributed by atoms with E-state index >= 15 is 0 Å². The summed E-state index contributed by atoms with van der Waals surface area (Å²) in [7, 11) is 0. The zero-order valence-electron chi connectivity index (χ0n) is 7.16. The minimum absolute atomic E-state index is 0.581. The minimum Gasteiger partial charge on any atom is -0.118 e. The second kappa shape index (κ2) is 2.98. The van der Waals surface area contributed by atoms with E-state index in [9.17, 15) is 0 Å². The molecule has 0 bridgehead atoms. The highest BCUT2D eigenvalue weighted by Crippen LogP contribution is 2.47. The lowest BCUT2D eigenvalue weighted by atomic mass is 9.92. The Morgan fingerprint density at radius 2 is 2.17 bits per heavy atom. The zero-order chi connectivity index (χ0) is 8.55. The fraction of sp³-hybridized carbons (Fsp3) is 0.273. The van der Waals surface area contributed by atoms with Crippen molar-refractivity contribution in [1.82, 2.24) is 0 Å². The van der Waals surface area contributed by atoms with Gasteiger partial charge in [-0.25, -0.2) is 0 Å². The van der Waals surface area contributed by atoms with Crippen molar-refractivity contribution in [3.05, 3.63) is 47.4 Å². The van der Waals surface area contributed by atoms with E-state index in [0.29, 0.717) is 11.2 Å². The fourth-order valence-corrected chi connectivity index (χ4v) is 3.02. The molecule has 0 aromatic heterocycles. The van der Waals surface area contributed by atoms with Crippen LogP contribution in [0.1, 0.15) is 6.92 Å². The summed E-state index contributed by atoms with van der Waals surface area (Å²) < 4.78 is 0. The van der Waals surface area contributed by atoms with Crippen molar-refractivity contribution in [2.45, 2.75) is 12.2 Å². The molecule has 62 valence electrons. The molecule has 0 spiro atoms. The Morgan fingerprint density at radius 3 is 2.92 bits per heavy atom. The minimum atomic E-state index is 0.581. The molecule has 0 aromatic rings. The molecule has 0 amide bonds. The predicted octanol–water partition coefficient (Wildman–Crippen LogP) is 3.30. The van der Waals surface area contributed by atoms with Gasteiger partial charge in [-0.05, 0) is 12.5 Å². The molecule has 0 N–H and O–H groups in total. The molecular formula is C11H12S. The second-order valence-electron chi connectivity index (χ2n) is 3.05. The number of rotatable bonds is 0. The summed E-state index contributed by atoms with van der Waals surface area (Å²) in [6, 6.07) is 0. The Bertz CT molecular complexity index is 294. The summed E-state index contributed by atoms with van der Waals surface area (Å²) in [4.78, 5) is 1.24. The standard InChI is InChI=1S/C11H12S/c1-3-9-8(2)12-11-7-5-4-6-10(9)11/h3-7,10-11H,2H2,1H3/b9-3+. The molecule has 2 unspecified atom stereocenters. The number of fused-ring (bicyclic) bond motifs is 1. The first kappa shape index (κ1) is 7.93. The summed E-state index contributed by atoms with van der Waals surface area (Å²) in [6.07, 6.45) is 11.0. The molecule has 1 fully saturated rings. The summed E-state index contributed by atoms with van der Waals surface area (Å²) in [5, 5.41) is 0.605. The van der Waals surface area contributed by atoms with Crippen LogP contribution >= 0.6 is 11.8 Å². The van der Waals surface area contributed by atoms with Crippen LogP contribution in [0.25, 0.3) is 0 Å². The van der Waals surface area contributed by atoms with Crippen LogP contribution in [0.3, 0.4) is 0 Å². The van der Waals surface area contributed by atoms with Crippen LogP contribution in [-0.2, 0) is 0 Å². The van der Waals surface area contributed by atoms with E-state index in [0.717, 1.165) is 0 Å². The SMILES string of the molecule is C=C1SC2C=CC=CC2/C1=C/C. The van der Waals surface area contributed by atoms with Gasteiger partial charge in [-0.15, -0.1) is 11.8 Å². The Balaban J connectivity index is 2.36. The van der Waals surface area contributed by atoms with Gasteiger partial charge in [-0.2, -0.15) is 0 Å². The predicted molar refractivity (Wildman–Crippen MR) is 56.0 cm³/mol. The van der Waals surface area contributed by atoms with Crippen molar-refractivity contribution in [2.75, 3.05) is 0 Å². The van der Waals surface area contributed by atoms with Crippen LogP contribution in [0.2, 0.25) is 0 Å². The summed E-state index contributed by atoms with van der Waals surface area (Å²) >= 11 is 1.88. The quantitative estimate of drug-likeness (QED) is 0.545. The van der Waals surface area contributed by atoms with Gasteiger partial charge in [-0.3, -0.25) is 0 Å². The van der Waals surface area contributed by atoms with Gasteiger partial charge in [0.2, 0.25) is 0 Å². The topological polar surface area (TPSA) is 0 Å². The van der Waals surface area contributed by atoms with Crippen molar-refractivity contribution in [1.29, 1.82) is 0 Å². The van der Waals surface area contributed by atoms with E-state index in [1.54, 1.807) is 0 Å². The number of hydrogen-bond donors (Lipinski definition) is 0. The summed E-state index contributed by atoms with van der Waals surface area (Å²) in [5.41, 5.74) is 1.41. The van der Waals surface area contributed by atoms with Gasteiger partial charge in [0.1, 0.15) is 0 Å². The lowest BCUT2D eigenvalue weighted by Gasteiger charge is -2.13. The van der Waals surface area contributed by atoms with Crippen LogP contribution in [0, 0.1) is 5.92 Å². The largest absolute Gasteiger partial charge is 0.118 e. The molecule has 12 heavy (non-hydrogen) atoms. The number of thioether (sulfide) groups is 1. The average Bonchev–Trinajstić information content (AvgIpc) is 2.40. The first-order valence-corrected chi connectivity index (χ1v) is 5.08. The van der Waals surface area contributed by atoms with Crippen LogP contribution in [0.15, 0.2) is 47.4 Å². The monoisotopic (exact) mass is 176 g/mol.